The minimum absolute atomic E-state index is 0.0218. The monoisotopic (exact) mass is 370 g/mol. The van der Waals surface area contributed by atoms with Gasteiger partial charge in [0.1, 0.15) is 0 Å². The van der Waals surface area contributed by atoms with Crippen molar-refractivity contribution >= 4 is 5.91 Å². The highest BCUT2D eigenvalue weighted by Gasteiger charge is 2.30. The maximum absolute atomic E-state index is 13.1. The number of hydrogen-bond acceptors (Lipinski definition) is 5. The van der Waals surface area contributed by atoms with E-state index in [1.807, 2.05) is 29.3 Å². The van der Waals surface area contributed by atoms with E-state index in [0.717, 1.165) is 31.7 Å². The Morgan fingerprint density at radius 1 is 1.22 bits per heavy atom. The lowest BCUT2D eigenvalue weighted by Crippen LogP contribution is -2.42. The molecule has 7 nitrogen and oxygen atoms in total. The van der Waals surface area contributed by atoms with Crippen LogP contribution in [-0.4, -0.2) is 58.5 Å². The molecule has 0 radical (unpaired) electrons. The Labute approximate surface area is 159 Å². The van der Waals surface area contributed by atoms with E-state index in [1.165, 1.54) is 0 Å². The summed E-state index contributed by atoms with van der Waals surface area (Å²) in [5, 5.41) is 4.51. The van der Waals surface area contributed by atoms with E-state index in [2.05, 4.69) is 28.5 Å². The molecule has 1 aromatic heterocycles. The van der Waals surface area contributed by atoms with E-state index >= 15 is 0 Å². The van der Waals surface area contributed by atoms with Crippen molar-refractivity contribution in [3.05, 3.63) is 41.7 Å². The van der Waals surface area contributed by atoms with Gasteiger partial charge in [-0.1, -0.05) is 13.8 Å². The lowest BCUT2D eigenvalue weighted by molar-refractivity contribution is 0.0656. The van der Waals surface area contributed by atoms with Crippen molar-refractivity contribution in [1.29, 1.82) is 0 Å². The molecule has 4 rings (SSSR count). The van der Waals surface area contributed by atoms with E-state index in [1.54, 1.807) is 6.07 Å². The van der Waals surface area contributed by atoms with Gasteiger partial charge in [-0.3, -0.25) is 9.48 Å². The van der Waals surface area contributed by atoms with Gasteiger partial charge in [-0.05, 0) is 43.8 Å². The zero-order valence-corrected chi connectivity index (χ0v) is 15.9. The smallest absolute Gasteiger partial charge is 0.254 e. The molecule has 0 spiro atoms. The van der Waals surface area contributed by atoms with Crippen LogP contribution < -0.4 is 9.47 Å². The normalized spacial score (nSPS) is 18.0. The highest BCUT2D eigenvalue weighted by molar-refractivity contribution is 5.95. The van der Waals surface area contributed by atoms with Gasteiger partial charge in [0.15, 0.2) is 11.5 Å². The number of benzene rings is 1. The third-order valence-corrected chi connectivity index (χ3v) is 5.46. The van der Waals surface area contributed by atoms with Crippen LogP contribution in [0.25, 0.3) is 0 Å². The molecule has 0 unspecified atom stereocenters. The molecule has 0 saturated heterocycles. The summed E-state index contributed by atoms with van der Waals surface area (Å²) in [5.74, 6) is 1.36. The molecule has 0 fully saturated rings. The largest absolute Gasteiger partial charge is 0.454 e. The molecule has 2 aliphatic heterocycles. The van der Waals surface area contributed by atoms with Crippen molar-refractivity contribution in [3.63, 3.8) is 0 Å². The average Bonchev–Trinajstić information content (AvgIpc) is 3.36. The van der Waals surface area contributed by atoms with Gasteiger partial charge in [-0.25, -0.2) is 0 Å². The van der Waals surface area contributed by atoms with Gasteiger partial charge in [-0.15, -0.1) is 0 Å². The van der Waals surface area contributed by atoms with Crippen molar-refractivity contribution in [2.24, 2.45) is 0 Å². The predicted octanol–water partition coefficient (Wildman–Crippen LogP) is 2.54. The molecule has 0 bridgehead atoms. The van der Waals surface area contributed by atoms with Crippen LogP contribution >= 0.6 is 0 Å². The van der Waals surface area contributed by atoms with Crippen LogP contribution in [0.2, 0.25) is 0 Å². The van der Waals surface area contributed by atoms with E-state index in [-0.39, 0.29) is 18.7 Å². The van der Waals surface area contributed by atoms with Gasteiger partial charge in [0.05, 0.1) is 18.3 Å². The molecule has 27 heavy (non-hydrogen) atoms. The summed E-state index contributed by atoms with van der Waals surface area (Å²) in [6, 6.07) is 7.60. The summed E-state index contributed by atoms with van der Waals surface area (Å²) in [7, 11) is 0. The second kappa shape index (κ2) is 7.60. The Morgan fingerprint density at radius 3 is 2.85 bits per heavy atom. The fourth-order valence-electron chi connectivity index (χ4n) is 3.84. The lowest BCUT2D eigenvalue weighted by atomic mass is 10.1. The van der Waals surface area contributed by atoms with Gasteiger partial charge in [-0.2, -0.15) is 5.10 Å². The van der Waals surface area contributed by atoms with Gasteiger partial charge >= 0.3 is 0 Å². The number of fused-ring (bicyclic) bond motifs is 2. The number of rotatable bonds is 6. The zero-order chi connectivity index (χ0) is 18.8. The maximum atomic E-state index is 13.1. The van der Waals surface area contributed by atoms with Crippen LogP contribution in [0.15, 0.2) is 30.5 Å². The van der Waals surface area contributed by atoms with Gasteiger partial charge < -0.3 is 19.3 Å². The summed E-state index contributed by atoms with van der Waals surface area (Å²) in [5.41, 5.74) is 1.72. The fourth-order valence-corrected chi connectivity index (χ4v) is 3.84. The van der Waals surface area contributed by atoms with Gasteiger partial charge in [0.2, 0.25) is 6.79 Å². The fraction of sp³-hybridized carbons (Fsp3) is 0.500. The SMILES string of the molecule is CCN(CC)CC[C@@H]1CN(C(=O)c2ccc3c(c2)OCO3)Cc2ccnn21. The van der Waals surface area contributed by atoms with E-state index in [0.29, 0.717) is 30.2 Å². The van der Waals surface area contributed by atoms with Crippen LogP contribution in [0, 0.1) is 0 Å². The highest BCUT2D eigenvalue weighted by Crippen LogP contribution is 2.33. The second-order valence-electron chi connectivity index (χ2n) is 6.99. The topological polar surface area (TPSA) is 59.8 Å². The maximum Gasteiger partial charge on any atom is 0.254 e. The Morgan fingerprint density at radius 2 is 2.04 bits per heavy atom. The highest BCUT2D eigenvalue weighted by atomic mass is 16.7. The standard InChI is InChI=1S/C20H26N4O3/c1-3-22(4-2)10-8-17-13-23(12-16-7-9-21-24(16)17)20(25)15-5-6-18-19(11-15)27-14-26-18/h5-7,9,11,17H,3-4,8,10,12-14H2,1-2H3/t17-/m1/s1. The van der Waals surface area contributed by atoms with Crippen molar-refractivity contribution in [2.45, 2.75) is 32.9 Å². The van der Waals surface area contributed by atoms with Crippen LogP contribution in [0.4, 0.5) is 0 Å². The number of ether oxygens (including phenoxy) is 2. The lowest BCUT2D eigenvalue weighted by Gasteiger charge is -2.35. The van der Waals surface area contributed by atoms with Crippen molar-refractivity contribution in [2.75, 3.05) is 33.0 Å². The number of carbonyl (C=O) groups is 1. The summed E-state index contributed by atoms with van der Waals surface area (Å²) in [6.07, 6.45) is 2.80. The van der Waals surface area contributed by atoms with Crippen LogP contribution in [0.5, 0.6) is 11.5 Å². The molecule has 1 aromatic carbocycles. The first-order chi connectivity index (χ1) is 13.2. The van der Waals surface area contributed by atoms with Gasteiger partial charge in [0.25, 0.3) is 5.91 Å². The molecule has 2 aromatic rings. The van der Waals surface area contributed by atoms with E-state index < -0.39 is 0 Å². The minimum Gasteiger partial charge on any atom is -0.454 e. The Hall–Kier alpha value is -2.54. The first-order valence-electron chi connectivity index (χ1n) is 9.63. The first-order valence-corrected chi connectivity index (χ1v) is 9.63. The summed E-state index contributed by atoms with van der Waals surface area (Å²) in [6.45, 7) is 8.90. The summed E-state index contributed by atoms with van der Waals surface area (Å²) in [4.78, 5) is 17.4. The number of carbonyl (C=O) groups excluding carboxylic acids is 1. The first kappa shape index (κ1) is 17.9. The molecule has 144 valence electrons. The van der Waals surface area contributed by atoms with Crippen LogP contribution in [0.3, 0.4) is 0 Å². The molecule has 0 saturated carbocycles. The van der Waals surface area contributed by atoms with Gasteiger partial charge in [0, 0.05) is 24.8 Å². The van der Waals surface area contributed by atoms with Crippen LogP contribution in [-0.2, 0) is 6.54 Å². The number of nitrogens with zero attached hydrogens (tertiary/aromatic N) is 4. The molecular weight excluding hydrogens is 344 g/mol. The molecular formula is C20H26N4O3. The molecule has 0 aliphatic carbocycles. The second-order valence-corrected chi connectivity index (χ2v) is 6.99. The quantitative estimate of drug-likeness (QED) is 0.782. The third-order valence-electron chi connectivity index (χ3n) is 5.46. The molecule has 1 atom stereocenters. The third kappa shape index (κ3) is 3.51. The zero-order valence-electron chi connectivity index (χ0n) is 15.9. The van der Waals surface area contributed by atoms with Crippen molar-refractivity contribution < 1.29 is 14.3 Å². The average molecular weight is 370 g/mol. The summed E-state index contributed by atoms with van der Waals surface area (Å²) >= 11 is 0. The minimum atomic E-state index is 0.0218. The molecule has 0 N–H and O–H groups in total. The summed E-state index contributed by atoms with van der Waals surface area (Å²) < 4.78 is 12.9. The molecule has 2 aliphatic rings. The van der Waals surface area contributed by atoms with Crippen molar-refractivity contribution in [3.8, 4) is 11.5 Å². The molecule has 1 amide bonds. The Balaban J connectivity index is 1.51. The number of aromatic nitrogens is 2. The molecule has 3 heterocycles. The Bertz CT molecular complexity index is 815. The van der Waals surface area contributed by atoms with E-state index in [4.69, 9.17) is 9.47 Å². The Kier molecular flexibility index (Phi) is 5.03. The number of hydrogen-bond donors (Lipinski definition) is 0. The van der Waals surface area contributed by atoms with Crippen LogP contribution in [0.1, 0.15) is 42.4 Å². The predicted molar refractivity (Wildman–Crippen MR) is 101 cm³/mol. The number of amides is 1. The van der Waals surface area contributed by atoms with Crippen molar-refractivity contribution in [1.82, 2.24) is 19.6 Å². The molecule has 7 heteroatoms. The van der Waals surface area contributed by atoms with E-state index in [9.17, 15) is 4.79 Å².